The minimum atomic E-state index is -0.805. The Morgan fingerprint density at radius 3 is 2.60 bits per heavy atom. The van der Waals surface area contributed by atoms with E-state index in [0.29, 0.717) is 24.3 Å². The quantitative estimate of drug-likeness (QED) is 0.791. The molecule has 25 heavy (non-hydrogen) atoms. The van der Waals surface area contributed by atoms with Crippen LogP contribution >= 0.6 is 0 Å². The number of nitrogens with one attached hydrogen (secondary N) is 1. The molecule has 0 aromatic carbocycles. The first-order valence-electron chi connectivity index (χ1n) is 9.57. The van der Waals surface area contributed by atoms with E-state index in [2.05, 4.69) is 24.3 Å². The second-order valence-corrected chi connectivity index (χ2v) is 7.75. The second kappa shape index (κ2) is 7.18. The lowest BCUT2D eigenvalue weighted by Gasteiger charge is -2.33. The Labute approximate surface area is 149 Å². The van der Waals surface area contributed by atoms with Crippen molar-refractivity contribution in [2.45, 2.75) is 77.2 Å². The summed E-state index contributed by atoms with van der Waals surface area (Å²) in [5.41, 5.74) is 0.847. The number of hydrogen-bond donors (Lipinski definition) is 2. The molecule has 6 heteroatoms. The smallest absolute Gasteiger partial charge is 0.311 e. The van der Waals surface area contributed by atoms with Crippen molar-refractivity contribution in [1.82, 2.24) is 15.1 Å². The van der Waals surface area contributed by atoms with Crippen molar-refractivity contribution in [2.75, 3.05) is 6.54 Å². The van der Waals surface area contributed by atoms with E-state index >= 15 is 0 Å². The first-order valence-corrected chi connectivity index (χ1v) is 9.57. The third kappa shape index (κ3) is 3.58. The first kappa shape index (κ1) is 18.0. The molecule has 1 heterocycles. The number of aliphatic carboxylic acids is 1. The van der Waals surface area contributed by atoms with Crippen LogP contribution in [0.1, 0.15) is 93.2 Å². The Kier molecular flexibility index (Phi) is 5.16. The zero-order chi connectivity index (χ0) is 18.0. The first-order chi connectivity index (χ1) is 12.0. The molecule has 138 valence electrons. The van der Waals surface area contributed by atoms with E-state index in [1.165, 1.54) is 0 Å². The summed E-state index contributed by atoms with van der Waals surface area (Å²) in [6.07, 6.45) is 9.02. The molecule has 2 N–H and O–H groups in total. The number of carboxylic acids is 1. The van der Waals surface area contributed by atoms with E-state index in [9.17, 15) is 14.7 Å². The minimum absolute atomic E-state index is 0.178. The maximum atomic E-state index is 12.8. The van der Waals surface area contributed by atoms with Crippen molar-refractivity contribution in [3.63, 3.8) is 0 Å². The van der Waals surface area contributed by atoms with Crippen LogP contribution in [0.5, 0.6) is 0 Å². The number of hydrogen-bond acceptors (Lipinski definition) is 3. The fraction of sp³-hybridized carbons (Fsp3) is 0.737. The van der Waals surface area contributed by atoms with E-state index in [1.807, 2.05) is 4.68 Å². The SMILES string of the molecule is CCC(C)n1ncc(C(=O)NCC2(C(=O)O)CCCCC2)c1C1CC1. The summed E-state index contributed by atoms with van der Waals surface area (Å²) in [6, 6.07) is 0.265. The molecule has 1 aromatic heterocycles. The van der Waals surface area contributed by atoms with Crippen molar-refractivity contribution in [1.29, 1.82) is 0 Å². The summed E-state index contributed by atoms with van der Waals surface area (Å²) in [7, 11) is 0. The molecule has 2 saturated carbocycles. The fourth-order valence-corrected chi connectivity index (χ4v) is 3.87. The predicted octanol–water partition coefficient (Wildman–Crippen LogP) is 3.50. The lowest BCUT2D eigenvalue weighted by Crippen LogP contribution is -2.44. The molecule has 6 nitrogen and oxygen atoms in total. The van der Waals surface area contributed by atoms with Gasteiger partial charge in [0.2, 0.25) is 0 Å². The Balaban J connectivity index is 1.75. The largest absolute Gasteiger partial charge is 0.481 e. The molecule has 1 aromatic rings. The molecular weight excluding hydrogens is 318 g/mol. The highest BCUT2D eigenvalue weighted by Gasteiger charge is 2.40. The van der Waals surface area contributed by atoms with Gasteiger partial charge in [-0.05, 0) is 39.0 Å². The van der Waals surface area contributed by atoms with Crippen LogP contribution in [0.25, 0.3) is 0 Å². The summed E-state index contributed by atoms with van der Waals surface area (Å²) in [4.78, 5) is 24.5. The van der Waals surface area contributed by atoms with E-state index in [1.54, 1.807) is 6.20 Å². The molecule has 1 atom stereocenters. The van der Waals surface area contributed by atoms with Crippen molar-refractivity contribution in [3.8, 4) is 0 Å². The third-order valence-electron chi connectivity index (χ3n) is 5.90. The van der Waals surface area contributed by atoms with Crippen LogP contribution in [0.3, 0.4) is 0 Å². The van der Waals surface area contributed by atoms with Crippen LogP contribution in [0.2, 0.25) is 0 Å². The van der Waals surface area contributed by atoms with Gasteiger partial charge in [0.25, 0.3) is 5.91 Å². The van der Waals surface area contributed by atoms with Gasteiger partial charge in [0, 0.05) is 18.5 Å². The zero-order valence-electron chi connectivity index (χ0n) is 15.3. The molecule has 0 bridgehead atoms. The van der Waals surface area contributed by atoms with Crippen LogP contribution in [-0.2, 0) is 4.79 Å². The Bertz CT molecular complexity index is 642. The van der Waals surface area contributed by atoms with Gasteiger partial charge >= 0.3 is 5.97 Å². The van der Waals surface area contributed by atoms with E-state index in [4.69, 9.17) is 0 Å². The maximum absolute atomic E-state index is 12.8. The summed E-state index contributed by atoms with van der Waals surface area (Å²) >= 11 is 0. The van der Waals surface area contributed by atoms with Gasteiger partial charge in [0.1, 0.15) is 0 Å². The normalized spacial score (nSPS) is 20.9. The Morgan fingerprint density at radius 1 is 1.36 bits per heavy atom. The highest BCUT2D eigenvalue weighted by atomic mass is 16.4. The number of aromatic nitrogens is 2. The molecule has 0 saturated heterocycles. The monoisotopic (exact) mass is 347 g/mol. The maximum Gasteiger partial charge on any atom is 0.311 e. The summed E-state index contributed by atoms with van der Waals surface area (Å²) in [5, 5.41) is 17.0. The highest BCUT2D eigenvalue weighted by Crippen LogP contribution is 2.43. The van der Waals surface area contributed by atoms with Gasteiger partial charge in [-0.2, -0.15) is 5.10 Å². The third-order valence-corrected chi connectivity index (χ3v) is 5.90. The molecule has 0 aliphatic heterocycles. The molecule has 1 amide bonds. The molecule has 2 aliphatic carbocycles. The van der Waals surface area contributed by atoms with Crippen molar-refractivity contribution in [3.05, 3.63) is 17.5 Å². The summed E-state index contributed by atoms with van der Waals surface area (Å²) < 4.78 is 1.99. The Morgan fingerprint density at radius 2 is 2.04 bits per heavy atom. The summed E-state index contributed by atoms with van der Waals surface area (Å²) in [6.45, 7) is 4.43. The van der Waals surface area contributed by atoms with Crippen LogP contribution in [0.4, 0.5) is 0 Å². The lowest BCUT2D eigenvalue weighted by molar-refractivity contribution is -0.150. The van der Waals surface area contributed by atoms with Crippen molar-refractivity contribution >= 4 is 11.9 Å². The number of carboxylic acid groups (broad SMARTS) is 1. The second-order valence-electron chi connectivity index (χ2n) is 7.75. The van der Waals surface area contributed by atoms with Gasteiger partial charge in [0.05, 0.1) is 22.9 Å². The fourth-order valence-electron chi connectivity index (χ4n) is 3.87. The number of nitrogens with zero attached hydrogens (tertiary/aromatic N) is 2. The average Bonchev–Trinajstić information content (AvgIpc) is 3.37. The van der Waals surface area contributed by atoms with Gasteiger partial charge in [-0.1, -0.05) is 26.2 Å². The molecule has 3 rings (SSSR count). The van der Waals surface area contributed by atoms with Crippen LogP contribution in [-0.4, -0.2) is 33.3 Å². The lowest BCUT2D eigenvalue weighted by atomic mass is 9.74. The molecule has 2 fully saturated rings. The molecule has 0 radical (unpaired) electrons. The average molecular weight is 347 g/mol. The van der Waals surface area contributed by atoms with Gasteiger partial charge in [0.15, 0.2) is 0 Å². The number of rotatable bonds is 7. The highest BCUT2D eigenvalue weighted by molar-refractivity contribution is 5.95. The van der Waals surface area contributed by atoms with Gasteiger partial charge in [-0.15, -0.1) is 0 Å². The van der Waals surface area contributed by atoms with Gasteiger partial charge in [-0.25, -0.2) is 0 Å². The van der Waals surface area contributed by atoms with Crippen LogP contribution < -0.4 is 5.32 Å². The zero-order valence-corrected chi connectivity index (χ0v) is 15.3. The molecule has 0 spiro atoms. The van der Waals surface area contributed by atoms with E-state index in [0.717, 1.165) is 44.2 Å². The molecule has 2 aliphatic rings. The van der Waals surface area contributed by atoms with Gasteiger partial charge < -0.3 is 10.4 Å². The number of carbonyl (C=O) groups is 2. The predicted molar refractivity (Wildman–Crippen MR) is 94.7 cm³/mol. The van der Waals surface area contributed by atoms with E-state index < -0.39 is 11.4 Å². The number of carbonyl (C=O) groups excluding carboxylic acids is 1. The van der Waals surface area contributed by atoms with E-state index in [-0.39, 0.29) is 18.5 Å². The molecule has 1 unspecified atom stereocenters. The van der Waals surface area contributed by atoms with Crippen molar-refractivity contribution < 1.29 is 14.7 Å². The summed E-state index contributed by atoms with van der Waals surface area (Å²) in [5.74, 6) is -0.548. The van der Waals surface area contributed by atoms with Crippen molar-refractivity contribution in [2.24, 2.45) is 5.41 Å². The Hall–Kier alpha value is -1.85. The van der Waals surface area contributed by atoms with Crippen LogP contribution in [0, 0.1) is 5.41 Å². The van der Waals surface area contributed by atoms with Gasteiger partial charge in [-0.3, -0.25) is 14.3 Å². The number of amides is 1. The molecular formula is C19H29N3O3. The standard InChI is InChI=1S/C19H29N3O3/c1-3-13(2)22-16(14-7-8-14)15(11-21-22)17(23)20-12-19(18(24)25)9-5-4-6-10-19/h11,13-14H,3-10,12H2,1-2H3,(H,20,23)(H,24,25). The van der Waals surface area contributed by atoms with Crippen LogP contribution in [0.15, 0.2) is 6.20 Å². The topological polar surface area (TPSA) is 84.2 Å². The minimum Gasteiger partial charge on any atom is -0.481 e.